The summed E-state index contributed by atoms with van der Waals surface area (Å²) in [6.45, 7) is 2.06. The van der Waals surface area contributed by atoms with E-state index >= 15 is 0 Å². The van der Waals surface area contributed by atoms with E-state index in [0.717, 1.165) is 35.2 Å². The van der Waals surface area contributed by atoms with Crippen molar-refractivity contribution in [2.75, 3.05) is 5.75 Å². The number of aromatic nitrogens is 2. The van der Waals surface area contributed by atoms with Crippen LogP contribution in [0.5, 0.6) is 0 Å². The minimum absolute atomic E-state index is 0.282. The number of rotatable bonds is 7. The summed E-state index contributed by atoms with van der Waals surface area (Å²) in [4.78, 5) is 4.36. The Kier molecular flexibility index (Phi) is 5.63. The van der Waals surface area contributed by atoms with Gasteiger partial charge in [0.05, 0.1) is 5.84 Å². The summed E-state index contributed by atoms with van der Waals surface area (Å²) in [5, 5.41) is 7.07. The fourth-order valence-electron chi connectivity index (χ4n) is 1.02. The van der Waals surface area contributed by atoms with Gasteiger partial charge in [-0.15, -0.1) is 0 Å². The fourth-order valence-corrected chi connectivity index (χ4v) is 2.78. The van der Waals surface area contributed by atoms with Crippen molar-refractivity contribution in [2.24, 2.45) is 5.73 Å². The van der Waals surface area contributed by atoms with E-state index in [2.05, 4.69) is 16.3 Å². The van der Waals surface area contributed by atoms with Crippen LogP contribution >= 0.6 is 23.3 Å². The van der Waals surface area contributed by atoms with E-state index in [4.69, 9.17) is 11.1 Å². The number of unbranched alkanes of at least 4 members (excludes halogenated alkanes) is 1. The Hall–Kier alpha value is -0.620. The van der Waals surface area contributed by atoms with Gasteiger partial charge in [0, 0.05) is 18.6 Å². The van der Waals surface area contributed by atoms with E-state index in [0.29, 0.717) is 6.42 Å². The van der Waals surface area contributed by atoms with Gasteiger partial charge in [0.2, 0.25) is 0 Å². The highest BCUT2D eigenvalue weighted by molar-refractivity contribution is 8.00. The molecule has 0 saturated heterocycles. The number of nitrogens with zero attached hydrogens (tertiary/aromatic N) is 2. The van der Waals surface area contributed by atoms with Gasteiger partial charge in [-0.3, -0.25) is 5.41 Å². The van der Waals surface area contributed by atoms with Crippen molar-refractivity contribution in [3.63, 3.8) is 0 Å². The molecule has 1 aromatic rings. The molecule has 1 aromatic heterocycles. The smallest absolute Gasteiger partial charge is 0.170 e. The van der Waals surface area contributed by atoms with Crippen LogP contribution in [-0.4, -0.2) is 20.9 Å². The molecule has 0 saturated carbocycles. The second-order valence-corrected chi connectivity index (χ2v) is 5.25. The van der Waals surface area contributed by atoms with Crippen LogP contribution in [0.3, 0.4) is 0 Å². The minimum atomic E-state index is 0.282. The summed E-state index contributed by atoms with van der Waals surface area (Å²) in [6, 6.07) is 0. The number of aryl methyl sites for hydroxylation is 1. The molecule has 3 N–H and O–H groups in total. The summed E-state index contributed by atoms with van der Waals surface area (Å²) in [5.41, 5.74) is 5.26. The highest BCUT2D eigenvalue weighted by atomic mass is 32.2. The lowest BCUT2D eigenvalue weighted by Crippen LogP contribution is -2.08. The van der Waals surface area contributed by atoms with Gasteiger partial charge in [-0.1, -0.05) is 18.7 Å². The first-order valence-corrected chi connectivity index (χ1v) is 6.76. The van der Waals surface area contributed by atoms with Gasteiger partial charge in [0.1, 0.15) is 5.82 Å². The maximum Gasteiger partial charge on any atom is 0.170 e. The van der Waals surface area contributed by atoms with Crippen LogP contribution in [0.4, 0.5) is 0 Å². The monoisotopic (exact) mass is 244 g/mol. The first-order chi connectivity index (χ1) is 7.22. The Morgan fingerprint density at radius 3 is 2.93 bits per heavy atom. The summed E-state index contributed by atoms with van der Waals surface area (Å²) in [5.74, 6) is 2.25. The Morgan fingerprint density at radius 2 is 2.33 bits per heavy atom. The molecule has 6 heteroatoms. The SMILES string of the molecule is CCc1nsc(SCCCCC(=N)N)n1. The quantitative estimate of drug-likeness (QED) is 0.334. The molecule has 0 atom stereocenters. The Balaban J connectivity index is 2.12. The third kappa shape index (κ3) is 5.13. The lowest BCUT2D eigenvalue weighted by Gasteiger charge is -1.97. The van der Waals surface area contributed by atoms with Crippen LogP contribution in [-0.2, 0) is 6.42 Å². The first-order valence-electron chi connectivity index (χ1n) is 5.00. The lowest BCUT2D eigenvalue weighted by atomic mass is 10.2. The molecular weight excluding hydrogens is 228 g/mol. The third-order valence-corrected chi connectivity index (χ3v) is 3.79. The second kappa shape index (κ2) is 6.79. The molecule has 0 radical (unpaired) electrons. The van der Waals surface area contributed by atoms with E-state index in [1.165, 1.54) is 11.5 Å². The first kappa shape index (κ1) is 12.4. The average Bonchev–Trinajstić information content (AvgIpc) is 2.65. The molecule has 84 valence electrons. The molecule has 1 rings (SSSR count). The molecular formula is C9H16N4S2. The predicted octanol–water partition coefficient (Wildman–Crippen LogP) is 2.30. The minimum Gasteiger partial charge on any atom is -0.388 e. The van der Waals surface area contributed by atoms with E-state index in [-0.39, 0.29) is 5.84 Å². The Labute approximate surface area is 98.4 Å². The summed E-state index contributed by atoms with van der Waals surface area (Å²) >= 11 is 3.22. The molecule has 4 nitrogen and oxygen atoms in total. The zero-order chi connectivity index (χ0) is 11.1. The topological polar surface area (TPSA) is 75.7 Å². The van der Waals surface area contributed by atoms with Crippen molar-refractivity contribution >= 4 is 29.1 Å². The maximum absolute atomic E-state index is 7.07. The van der Waals surface area contributed by atoms with Gasteiger partial charge in [-0.2, -0.15) is 4.37 Å². The second-order valence-electron chi connectivity index (χ2n) is 3.16. The number of hydrogen-bond acceptors (Lipinski definition) is 5. The standard InChI is InChI=1S/C9H16N4S2/c1-2-8-12-9(15-13-8)14-6-4-3-5-7(10)11/h2-6H2,1H3,(H3,10,11). The molecule has 0 aliphatic carbocycles. The van der Waals surface area contributed by atoms with Gasteiger partial charge in [-0.05, 0) is 24.4 Å². The number of nitrogens with two attached hydrogens (primary N) is 1. The maximum atomic E-state index is 7.07. The summed E-state index contributed by atoms with van der Waals surface area (Å²) in [6.07, 6.45) is 3.67. The van der Waals surface area contributed by atoms with Crippen LogP contribution in [0.2, 0.25) is 0 Å². The van der Waals surface area contributed by atoms with Crippen molar-refractivity contribution in [1.82, 2.24) is 9.36 Å². The zero-order valence-electron chi connectivity index (χ0n) is 8.82. The largest absolute Gasteiger partial charge is 0.388 e. The zero-order valence-corrected chi connectivity index (χ0v) is 10.5. The van der Waals surface area contributed by atoms with Crippen molar-refractivity contribution in [3.05, 3.63) is 5.82 Å². The van der Waals surface area contributed by atoms with Gasteiger partial charge in [0.25, 0.3) is 0 Å². The molecule has 15 heavy (non-hydrogen) atoms. The molecule has 0 bridgehead atoms. The highest BCUT2D eigenvalue weighted by Crippen LogP contribution is 2.21. The Bertz CT molecular complexity index is 311. The highest BCUT2D eigenvalue weighted by Gasteiger charge is 2.02. The van der Waals surface area contributed by atoms with Crippen LogP contribution in [0.1, 0.15) is 32.0 Å². The summed E-state index contributed by atoms with van der Waals surface area (Å²) in [7, 11) is 0. The van der Waals surface area contributed by atoms with E-state index in [1.54, 1.807) is 11.8 Å². The molecule has 0 unspecified atom stereocenters. The van der Waals surface area contributed by atoms with Gasteiger partial charge < -0.3 is 5.73 Å². The number of amidine groups is 1. The van der Waals surface area contributed by atoms with E-state index in [1.807, 2.05) is 0 Å². The number of hydrogen-bond donors (Lipinski definition) is 2. The third-order valence-electron chi connectivity index (χ3n) is 1.83. The average molecular weight is 244 g/mol. The molecule has 0 aliphatic heterocycles. The molecule has 0 aromatic carbocycles. The molecule has 0 fully saturated rings. The summed E-state index contributed by atoms with van der Waals surface area (Å²) < 4.78 is 5.27. The molecule has 0 spiro atoms. The predicted molar refractivity (Wildman–Crippen MR) is 65.8 cm³/mol. The van der Waals surface area contributed by atoms with Crippen molar-refractivity contribution < 1.29 is 0 Å². The lowest BCUT2D eigenvalue weighted by molar-refractivity contribution is 0.836. The van der Waals surface area contributed by atoms with E-state index in [9.17, 15) is 0 Å². The number of thioether (sulfide) groups is 1. The van der Waals surface area contributed by atoms with Gasteiger partial charge in [0.15, 0.2) is 4.34 Å². The van der Waals surface area contributed by atoms with Crippen molar-refractivity contribution in [2.45, 2.75) is 36.9 Å². The van der Waals surface area contributed by atoms with Gasteiger partial charge in [-0.25, -0.2) is 4.98 Å². The van der Waals surface area contributed by atoms with Crippen LogP contribution in [0.15, 0.2) is 4.34 Å². The van der Waals surface area contributed by atoms with E-state index < -0.39 is 0 Å². The molecule has 0 aliphatic rings. The molecule has 0 amide bonds. The van der Waals surface area contributed by atoms with Crippen molar-refractivity contribution in [1.29, 1.82) is 5.41 Å². The van der Waals surface area contributed by atoms with Crippen LogP contribution in [0.25, 0.3) is 0 Å². The Morgan fingerprint density at radius 1 is 1.53 bits per heavy atom. The number of nitrogens with one attached hydrogen (secondary N) is 1. The van der Waals surface area contributed by atoms with Crippen molar-refractivity contribution in [3.8, 4) is 0 Å². The molecule has 1 heterocycles. The fraction of sp³-hybridized carbons (Fsp3) is 0.667. The normalized spacial score (nSPS) is 10.5. The van der Waals surface area contributed by atoms with Gasteiger partial charge >= 0.3 is 0 Å². The van der Waals surface area contributed by atoms with Crippen LogP contribution < -0.4 is 5.73 Å². The van der Waals surface area contributed by atoms with Crippen LogP contribution in [0, 0.1) is 5.41 Å².